The summed E-state index contributed by atoms with van der Waals surface area (Å²) in [5, 5.41) is 18.1. The molecule has 0 saturated heterocycles. The van der Waals surface area contributed by atoms with Gasteiger partial charge in [-0.1, -0.05) is 12.1 Å². The van der Waals surface area contributed by atoms with Crippen LogP contribution in [0.3, 0.4) is 0 Å². The molecule has 0 amide bonds. The molecular weight excluding hydrogens is 182 g/mol. The summed E-state index contributed by atoms with van der Waals surface area (Å²) >= 11 is 0. The van der Waals surface area contributed by atoms with Gasteiger partial charge in [-0.2, -0.15) is 0 Å². The third-order valence-electron chi connectivity index (χ3n) is 2.13. The predicted molar refractivity (Wildman–Crippen MR) is 52.2 cm³/mol. The second-order valence-electron chi connectivity index (χ2n) is 3.22. The summed E-state index contributed by atoms with van der Waals surface area (Å²) in [6.45, 7) is 1.81. The second kappa shape index (κ2) is 4.11. The van der Waals surface area contributed by atoms with Crippen LogP contribution in [0, 0.1) is 6.92 Å². The maximum Gasteiger partial charge on any atom is 0.320 e. The molecule has 4 heteroatoms. The summed E-state index contributed by atoms with van der Waals surface area (Å²) in [4.78, 5) is 10.5. The van der Waals surface area contributed by atoms with Crippen LogP contribution in [0.5, 0.6) is 5.75 Å². The molecule has 1 aromatic carbocycles. The molecule has 76 valence electrons. The number of hydrogen-bond donors (Lipinski definition) is 3. The van der Waals surface area contributed by atoms with Crippen molar-refractivity contribution in [3.05, 3.63) is 29.3 Å². The van der Waals surface area contributed by atoms with E-state index in [1.807, 2.05) is 13.0 Å². The van der Waals surface area contributed by atoms with Gasteiger partial charge in [0.25, 0.3) is 0 Å². The van der Waals surface area contributed by atoms with E-state index < -0.39 is 12.0 Å². The van der Waals surface area contributed by atoms with Gasteiger partial charge in [0.2, 0.25) is 0 Å². The van der Waals surface area contributed by atoms with Crippen LogP contribution in [0.2, 0.25) is 0 Å². The lowest BCUT2D eigenvalue weighted by Crippen LogP contribution is -2.32. The summed E-state index contributed by atoms with van der Waals surface area (Å²) < 4.78 is 0. The molecule has 0 aromatic heterocycles. The highest BCUT2D eigenvalue weighted by Crippen LogP contribution is 2.21. The van der Waals surface area contributed by atoms with Crippen LogP contribution < -0.4 is 5.73 Å². The predicted octanol–water partition coefficient (Wildman–Crippen LogP) is 0.655. The second-order valence-corrected chi connectivity index (χ2v) is 3.22. The van der Waals surface area contributed by atoms with Gasteiger partial charge in [0, 0.05) is 6.42 Å². The minimum Gasteiger partial charge on any atom is -0.508 e. The van der Waals surface area contributed by atoms with Crippen molar-refractivity contribution in [3.8, 4) is 5.75 Å². The first-order chi connectivity index (χ1) is 6.52. The summed E-state index contributed by atoms with van der Waals surface area (Å²) in [7, 11) is 0. The molecule has 1 rings (SSSR count). The minimum atomic E-state index is -1.06. The first kappa shape index (κ1) is 10.5. The first-order valence-corrected chi connectivity index (χ1v) is 4.28. The average molecular weight is 195 g/mol. The zero-order valence-electron chi connectivity index (χ0n) is 7.90. The van der Waals surface area contributed by atoms with Gasteiger partial charge in [-0.25, -0.2) is 0 Å². The SMILES string of the molecule is Cc1cccc(O)c1CC(N)C(=O)O. The fourth-order valence-corrected chi connectivity index (χ4v) is 1.26. The third-order valence-corrected chi connectivity index (χ3v) is 2.13. The number of aliphatic carboxylic acids is 1. The van der Waals surface area contributed by atoms with Crippen molar-refractivity contribution in [1.29, 1.82) is 0 Å². The number of carboxylic acids is 1. The van der Waals surface area contributed by atoms with E-state index in [0.717, 1.165) is 5.56 Å². The van der Waals surface area contributed by atoms with Gasteiger partial charge in [0.05, 0.1) is 0 Å². The van der Waals surface area contributed by atoms with Crippen LogP contribution in [0.1, 0.15) is 11.1 Å². The number of carbonyl (C=O) groups is 1. The molecule has 1 atom stereocenters. The molecule has 0 aliphatic rings. The molecular formula is C10H13NO3. The van der Waals surface area contributed by atoms with Gasteiger partial charge in [-0.05, 0) is 24.1 Å². The van der Waals surface area contributed by atoms with Crippen molar-refractivity contribution in [3.63, 3.8) is 0 Å². The molecule has 0 radical (unpaired) electrons. The fourth-order valence-electron chi connectivity index (χ4n) is 1.26. The number of benzene rings is 1. The van der Waals surface area contributed by atoms with Crippen molar-refractivity contribution >= 4 is 5.97 Å². The Bertz CT molecular complexity index is 329. The molecule has 0 aliphatic carbocycles. The molecule has 0 spiro atoms. The van der Waals surface area contributed by atoms with E-state index in [1.54, 1.807) is 6.07 Å². The van der Waals surface area contributed by atoms with Crippen LogP contribution >= 0.6 is 0 Å². The Labute approximate surface area is 82.0 Å². The van der Waals surface area contributed by atoms with Crippen molar-refractivity contribution in [2.75, 3.05) is 0 Å². The Kier molecular flexibility index (Phi) is 3.09. The molecule has 4 N–H and O–H groups in total. The van der Waals surface area contributed by atoms with Gasteiger partial charge in [-0.15, -0.1) is 0 Å². The molecule has 4 nitrogen and oxygen atoms in total. The monoisotopic (exact) mass is 195 g/mol. The molecule has 0 saturated carbocycles. The summed E-state index contributed by atoms with van der Waals surface area (Å²) in [5.74, 6) is -0.964. The maximum atomic E-state index is 10.5. The molecule has 0 aliphatic heterocycles. The summed E-state index contributed by atoms with van der Waals surface area (Å²) in [6.07, 6.45) is 0.147. The Morgan fingerprint density at radius 2 is 2.21 bits per heavy atom. The molecule has 0 bridgehead atoms. The number of phenolic OH excluding ortho intramolecular Hbond substituents is 1. The van der Waals surface area contributed by atoms with E-state index in [4.69, 9.17) is 10.8 Å². The molecule has 14 heavy (non-hydrogen) atoms. The lowest BCUT2D eigenvalue weighted by atomic mass is 10.0. The van der Waals surface area contributed by atoms with E-state index >= 15 is 0 Å². The largest absolute Gasteiger partial charge is 0.508 e. The van der Waals surface area contributed by atoms with Crippen LogP contribution in [-0.2, 0) is 11.2 Å². The van der Waals surface area contributed by atoms with E-state index in [9.17, 15) is 9.90 Å². The Hall–Kier alpha value is -1.55. The zero-order valence-corrected chi connectivity index (χ0v) is 7.90. The molecule has 0 heterocycles. The Balaban J connectivity index is 2.91. The van der Waals surface area contributed by atoms with E-state index in [2.05, 4.69) is 0 Å². The number of hydrogen-bond acceptors (Lipinski definition) is 3. The van der Waals surface area contributed by atoms with Gasteiger partial charge >= 0.3 is 5.97 Å². The number of aryl methyl sites for hydroxylation is 1. The van der Waals surface area contributed by atoms with Crippen molar-refractivity contribution in [2.45, 2.75) is 19.4 Å². The van der Waals surface area contributed by atoms with Gasteiger partial charge < -0.3 is 15.9 Å². The highest BCUT2D eigenvalue weighted by Gasteiger charge is 2.15. The Morgan fingerprint density at radius 3 is 2.71 bits per heavy atom. The lowest BCUT2D eigenvalue weighted by molar-refractivity contribution is -0.138. The number of rotatable bonds is 3. The third kappa shape index (κ3) is 2.23. The average Bonchev–Trinajstić information content (AvgIpc) is 2.11. The number of phenols is 1. The van der Waals surface area contributed by atoms with E-state index in [0.29, 0.717) is 5.56 Å². The normalized spacial score (nSPS) is 12.4. The van der Waals surface area contributed by atoms with Crippen LogP contribution in [0.4, 0.5) is 0 Å². The van der Waals surface area contributed by atoms with Crippen LogP contribution in [0.15, 0.2) is 18.2 Å². The quantitative estimate of drug-likeness (QED) is 0.661. The zero-order chi connectivity index (χ0) is 10.7. The minimum absolute atomic E-state index is 0.0988. The standard InChI is InChI=1S/C10H13NO3/c1-6-3-2-4-9(12)7(6)5-8(11)10(13)14/h2-4,8,12H,5,11H2,1H3,(H,13,14). The summed E-state index contributed by atoms with van der Waals surface area (Å²) in [6, 6.07) is 4.07. The molecule has 0 fully saturated rings. The molecule has 1 unspecified atom stereocenters. The Morgan fingerprint density at radius 1 is 1.57 bits per heavy atom. The lowest BCUT2D eigenvalue weighted by Gasteiger charge is -2.10. The molecule has 1 aromatic rings. The topological polar surface area (TPSA) is 83.5 Å². The fraction of sp³-hybridized carbons (Fsp3) is 0.300. The van der Waals surface area contributed by atoms with Crippen molar-refractivity contribution in [2.24, 2.45) is 5.73 Å². The van der Waals surface area contributed by atoms with E-state index in [-0.39, 0.29) is 12.2 Å². The highest BCUT2D eigenvalue weighted by molar-refractivity contribution is 5.73. The van der Waals surface area contributed by atoms with Gasteiger partial charge in [0.1, 0.15) is 11.8 Å². The highest BCUT2D eigenvalue weighted by atomic mass is 16.4. The number of nitrogens with two attached hydrogens (primary N) is 1. The van der Waals surface area contributed by atoms with Crippen molar-refractivity contribution in [1.82, 2.24) is 0 Å². The van der Waals surface area contributed by atoms with Crippen LogP contribution in [-0.4, -0.2) is 22.2 Å². The summed E-state index contributed by atoms with van der Waals surface area (Å²) in [5.41, 5.74) is 6.82. The number of aromatic hydroxyl groups is 1. The van der Waals surface area contributed by atoms with Crippen molar-refractivity contribution < 1.29 is 15.0 Å². The van der Waals surface area contributed by atoms with E-state index in [1.165, 1.54) is 6.07 Å². The first-order valence-electron chi connectivity index (χ1n) is 4.28. The number of carboxylic acid groups (broad SMARTS) is 1. The van der Waals surface area contributed by atoms with Gasteiger partial charge in [0.15, 0.2) is 0 Å². The smallest absolute Gasteiger partial charge is 0.320 e. The van der Waals surface area contributed by atoms with Crippen LogP contribution in [0.25, 0.3) is 0 Å². The van der Waals surface area contributed by atoms with Gasteiger partial charge in [-0.3, -0.25) is 4.79 Å². The maximum absolute atomic E-state index is 10.5.